The largest absolute Gasteiger partial charge is 0.465 e. The second kappa shape index (κ2) is 11.3. The van der Waals surface area contributed by atoms with Gasteiger partial charge in [-0.1, -0.05) is 36.4 Å². The standard InChI is InChI=1S/C26H26N2O8/c1-4-34-24(29)20(15-7-11-17(12-8-15)28(32)33)16-9-13-18-19(14-10-16)22(26(31)36-6-3)23(27)21(18)25(30)35-5-2/h7-14,20H,4-6,27H2,1-3H3. The number of carbonyl (C=O) groups is 3. The Bertz CT molecular complexity index is 1210. The lowest BCUT2D eigenvalue weighted by Gasteiger charge is -2.15. The highest BCUT2D eigenvalue weighted by atomic mass is 16.6. The number of nitrogens with zero attached hydrogens (tertiary/aromatic N) is 1. The second-order valence-corrected chi connectivity index (χ2v) is 7.63. The van der Waals surface area contributed by atoms with Crippen LogP contribution in [0.15, 0.2) is 48.5 Å². The van der Waals surface area contributed by atoms with Crippen molar-refractivity contribution < 1.29 is 33.5 Å². The summed E-state index contributed by atoms with van der Waals surface area (Å²) in [7, 11) is 0. The van der Waals surface area contributed by atoms with Crippen molar-refractivity contribution in [3.05, 3.63) is 80.9 Å². The van der Waals surface area contributed by atoms with Crippen molar-refractivity contribution >= 4 is 29.3 Å². The van der Waals surface area contributed by atoms with Gasteiger partial charge in [0.15, 0.2) is 0 Å². The van der Waals surface area contributed by atoms with Gasteiger partial charge >= 0.3 is 17.9 Å². The molecule has 2 aliphatic carbocycles. The van der Waals surface area contributed by atoms with Crippen molar-refractivity contribution in [1.82, 2.24) is 0 Å². The summed E-state index contributed by atoms with van der Waals surface area (Å²) in [4.78, 5) is 48.9. The number of non-ortho nitro benzene ring substituents is 1. The number of nitrogen functional groups attached to an aromatic ring is 1. The Kier molecular flexibility index (Phi) is 8.21. The number of ether oxygens (including phenoxy) is 3. The Morgan fingerprint density at radius 2 is 1.19 bits per heavy atom. The van der Waals surface area contributed by atoms with Crippen LogP contribution in [0.25, 0.3) is 11.1 Å². The van der Waals surface area contributed by atoms with Crippen molar-refractivity contribution in [3.63, 3.8) is 0 Å². The van der Waals surface area contributed by atoms with Crippen LogP contribution >= 0.6 is 0 Å². The SMILES string of the molecule is CCOC(=O)c1c2ccc(C(C(=O)OCC)c3ccc([N+](=O)[O-])cc3)ccc-2c(C(=O)OCC)c1N. The normalized spacial score (nSPS) is 11.5. The van der Waals surface area contributed by atoms with Gasteiger partial charge in [-0.3, -0.25) is 14.9 Å². The molecule has 188 valence electrons. The van der Waals surface area contributed by atoms with Crippen LogP contribution in [0.2, 0.25) is 0 Å². The van der Waals surface area contributed by atoms with E-state index in [4.69, 9.17) is 19.9 Å². The fourth-order valence-corrected chi connectivity index (χ4v) is 3.96. The van der Waals surface area contributed by atoms with E-state index in [1.54, 1.807) is 45.0 Å². The first kappa shape index (κ1) is 26.1. The molecule has 1 aromatic carbocycles. The number of fused-ring (bicyclic) bond motifs is 1. The monoisotopic (exact) mass is 494 g/mol. The predicted molar refractivity (Wildman–Crippen MR) is 131 cm³/mol. The van der Waals surface area contributed by atoms with E-state index in [2.05, 4.69) is 0 Å². The lowest BCUT2D eigenvalue weighted by molar-refractivity contribution is -0.384. The van der Waals surface area contributed by atoms with Crippen LogP contribution in [-0.4, -0.2) is 42.7 Å². The van der Waals surface area contributed by atoms with E-state index in [0.29, 0.717) is 22.3 Å². The average molecular weight is 495 g/mol. The number of hydrogen-bond acceptors (Lipinski definition) is 9. The first-order valence-corrected chi connectivity index (χ1v) is 11.3. The molecule has 2 aliphatic rings. The summed E-state index contributed by atoms with van der Waals surface area (Å²) in [6, 6.07) is 12.0. The topological polar surface area (TPSA) is 148 Å². The molecule has 0 saturated carbocycles. The maximum atomic E-state index is 12.9. The van der Waals surface area contributed by atoms with Gasteiger partial charge in [0, 0.05) is 12.1 Å². The zero-order valence-electron chi connectivity index (χ0n) is 20.1. The van der Waals surface area contributed by atoms with E-state index in [0.717, 1.165) is 0 Å². The Hall–Kier alpha value is -4.47. The molecule has 0 aromatic heterocycles. The summed E-state index contributed by atoms with van der Waals surface area (Å²) < 4.78 is 15.6. The minimum atomic E-state index is -0.920. The molecule has 1 unspecified atom stereocenters. The van der Waals surface area contributed by atoms with Crippen molar-refractivity contribution in [1.29, 1.82) is 0 Å². The number of nitro benzene ring substituents is 1. The molecule has 0 aliphatic heterocycles. The van der Waals surface area contributed by atoms with Gasteiger partial charge in [-0.25, -0.2) is 9.59 Å². The molecule has 10 heteroatoms. The third kappa shape index (κ3) is 5.12. The van der Waals surface area contributed by atoms with Gasteiger partial charge in [0.2, 0.25) is 0 Å². The van der Waals surface area contributed by atoms with E-state index < -0.39 is 28.7 Å². The number of carbonyl (C=O) groups excluding carboxylic acids is 3. The van der Waals surface area contributed by atoms with Gasteiger partial charge in [-0.2, -0.15) is 0 Å². The van der Waals surface area contributed by atoms with Crippen LogP contribution in [0.4, 0.5) is 11.4 Å². The predicted octanol–water partition coefficient (Wildman–Crippen LogP) is 4.33. The highest BCUT2D eigenvalue weighted by Gasteiger charge is 2.32. The third-order valence-electron chi connectivity index (χ3n) is 5.50. The zero-order chi connectivity index (χ0) is 26.4. The van der Waals surface area contributed by atoms with E-state index in [-0.39, 0.29) is 42.3 Å². The summed E-state index contributed by atoms with van der Waals surface area (Å²) in [6.07, 6.45) is 0. The molecule has 0 saturated heterocycles. The van der Waals surface area contributed by atoms with E-state index >= 15 is 0 Å². The Balaban J connectivity index is 2.23. The van der Waals surface area contributed by atoms with E-state index in [9.17, 15) is 24.5 Å². The molecule has 2 N–H and O–H groups in total. The van der Waals surface area contributed by atoms with Crippen molar-refractivity contribution in [2.45, 2.75) is 26.7 Å². The highest BCUT2D eigenvalue weighted by molar-refractivity contribution is 6.15. The number of nitro groups is 1. The number of rotatable bonds is 9. The van der Waals surface area contributed by atoms with Gasteiger partial charge in [0.1, 0.15) is 5.92 Å². The fourth-order valence-electron chi connectivity index (χ4n) is 3.96. The van der Waals surface area contributed by atoms with Crippen LogP contribution in [0.5, 0.6) is 0 Å². The molecule has 0 bridgehead atoms. The molecule has 36 heavy (non-hydrogen) atoms. The van der Waals surface area contributed by atoms with E-state index in [1.165, 1.54) is 24.3 Å². The van der Waals surface area contributed by atoms with Gasteiger partial charge in [0.05, 0.1) is 41.6 Å². The quantitative estimate of drug-likeness (QED) is 0.198. The van der Waals surface area contributed by atoms with Crippen molar-refractivity contribution in [2.24, 2.45) is 0 Å². The summed E-state index contributed by atoms with van der Waals surface area (Å²) in [5.74, 6) is -2.87. The zero-order valence-corrected chi connectivity index (χ0v) is 20.1. The van der Waals surface area contributed by atoms with Gasteiger partial charge < -0.3 is 19.9 Å². The Morgan fingerprint density at radius 1 is 0.778 bits per heavy atom. The molecular formula is C26H26N2O8. The molecule has 1 aromatic rings. The number of hydrogen-bond donors (Lipinski definition) is 1. The van der Waals surface area contributed by atoms with Crippen molar-refractivity contribution in [3.8, 4) is 11.1 Å². The lowest BCUT2D eigenvalue weighted by atomic mass is 9.92. The van der Waals surface area contributed by atoms with Crippen LogP contribution in [0, 0.1) is 10.1 Å². The maximum absolute atomic E-state index is 12.9. The molecular weight excluding hydrogens is 468 g/mol. The molecule has 3 rings (SSSR count). The number of benzene rings is 1. The number of esters is 3. The average Bonchev–Trinajstić information content (AvgIpc) is 2.96. The number of nitrogens with two attached hydrogens (primary N) is 1. The number of anilines is 1. The van der Waals surface area contributed by atoms with Crippen LogP contribution in [0.3, 0.4) is 0 Å². The van der Waals surface area contributed by atoms with Gasteiger partial charge in [-0.15, -0.1) is 0 Å². The Labute approximate surface area is 207 Å². The highest BCUT2D eigenvalue weighted by Crippen LogP contribution is 2.40. The lowest BCUT2D eigenvalue weighted by Crippen LogP contribution is -2.17. The summed E-state index contributed by atoms with van der Waals surface area (Å²) in [5, 5.41) is 11.1. The molecule has 0 amide bonds. The van der Waals surface area contributed by atoms with Crippen LogP contribution < -0.4 is 5.73 Å². The van der Waals surface area contributed by atoms with E-state index in [1.807, 2.05) is 0 Å². The Morgan fingerprint density at radius 3 is 1.58 bits per heavy atom. The van der Waals surface area contributed by atoms with Gasteiger partial charge in [0.25, 0.3) is 5.69 Å². The van der Waals surface area contributed by atoms with Crippen LogP contribution in [0.1, 0.15) is 58.5 Å². The molecule has 1 atom stereocenters. The maximum Gasteiger partial charge on any atom is 0.340 e. The van der Waals surface area contributed by atoms with Crippen LogP contribution in [-0.2, 0) is 19.0 Å². The van der Waals surface area contributed by atoms with Crippen molar-refractivity contribution in [2.75, 3.05) is 25.6 Å². The fraction of sp³-hybridized carbons (Fsp3) is 0.269. The minimum Gasteiger partial charge on any atom is -0.465 e. The molecule has 0 spiro atoms. The third-order valence-corrected chi connectivity index (χ3v) is 5.50. The minimum absolute atomic E-state index is 0.0278. The molecule has 0 radical (unpaired) electrons. The summed E-state index contributed by atoms with van der Waals surface area (Å²) in [5.41, 5.74) is 7.75. The molecule has 0 heterocycles. The first-order valence-electron chi connectivity index (χ1n) is 11.3. The van der Waals surface area contributed by atoms with Gasteiger partial charge in [-0.05, 0) is 43.0 Å². The smallest absolute Gasteiger partial charge is 0.340 e. The summed E-state index contributed by atoms with van der Waals surface area (Å²) in [6.45, 7) is 5.31. The summed E-state index contributed by atoms with van der Waals surface area (Å²) >= 11 is 0. The first-order chi connectivity index (χ1) is 17.2. The second-order valence-electron chi connectivity index (χ2n) is 7.63. The molecule has 10 nitrogen and oxygen atoms in total. The molecule has 0 fully saturated rings.